The van der Waals surface area contributed by atoms with Crippen molar-refractivity contribution < 1.29 is 14.4 Å². The molecule has 1 aliphatic heterocycles. The summed E-state index contributed by atoms with van der Waals surface area (Å²) in [6.07, 6.45) is 0. The number of aromatic amines is 2. The monoisotopic (exact) mass is 370 g/mol. The first-order valence-electron chi connectivity index (χ1n) is 8.04. The fourth-order valence-electron chi connectivity index (χ4n) is 2.92. The molecule has 0 spiro atoms. The first-order valence-corrected chi connectivity index (χ1v) is 8.04. The average molecular weight is 370 g/mol. The van der Waals surface area contributed by atoms with Crippen molar-refractivity contribution in [2.24, 2.45) is 0 Å². The fourth-order valence-corrected chi connectivity index (χ4v) is 2.92. The fraction of sp³-hybridized carbons (Fsp3) is 0.176. The Morgan fingerprint density at radius 3 is 2.63 bits per heavy atom. The Balaban J connectivity index is 1.60. The Bertz CT molecular complexity index is 1170. The van der Waals surface area contributed by atoms with Crippen LogP contribution < -0.4 is 25.9 Å². The smallest absolute Gasteiger partial charge is 0.314 e. The average Bonchev–Trinajstić information content (AvgIpc) is 3.10. The predicted molar refractivity (Wildman–Crippen MR) is 95.0 cm³/mol. The van der Waals surface area contributed by atoms with Crippen molar-refractivity contribution in [2.75, 3.05) is 6.79 Å². The van der Waals surface area contributed by atoms with Gasteiger partial charge in [0.25, 0.3) is 5.69 Å². The van der Waals surface area contributed by atoms with Crippen LogP contribution in [0, 0.1) is 10.1 Å². The van der Waals surface area contributed by atoms with Gasteiger partial charge in [-0.05, 0) is 23.3 Å². The number of aromatic nitrogens is 2. The molecule has 1 aliphatic rings. The van der Waals surface area contributed by atoms with E-state index in [1.54, 1.807) is 0 Å². The van der Waals surface area contributed by atoms with Crippen LogP contribution in [-0.4, -0.2) is 21.7 Å². The molecule has 0 radical (unpaired) electrons. The minimum absolute atomic E-state index is 0.176. The maximum atomic E-state index is 11.6. The number of hydrogen-bond acceptors (Lipinski definition) is 7. The first kappa shape index (κ1) is 16.8. The van der Waals surface area contributed by atoms with Crippen LogP contribution in [0.15, 0.2) is 39.9 Å². The van der Waals surface area contributed by atoms with Crippen molar-refractivity contribution in [1.82, 2.24) is 15.3 Å². The minimum atomic E-state index is -0.859. The lowest BCUT2D eigenvalue weighted by molar-refractivity contribution is -0.384. The van der Waals surface area contributed by atoms with Crippen molar-refractivity contribution >= 4 is 16.7 Å². The molecule has 0 fully saturated rings. The summed E-state index contributed by atoms with van der Waals surface area (Å²) in [5, 5.41) is 14.3. The van der Waals surface area contributed by atoms with Gasteiger partial charge < -0.3 is 24.8 Å². The summed E-state index contributed by atoms with van der Waals surface area (Å²) in [5.41, 5.74) is 0.141. The summed E-state index contributed by atoms with van der Waals surface area (Å²) < 4.78 is 10.6. The second-order valence-electron chi connectivity index (χ2n) is 5.98. The molecule has 0 bridgehead atoms. The molecule has 10 nitrogen and oxygen atoms in total. The van der Waals surface area contributed by atoms with Crippen molar-refractivity contribution in [3.05, 3.63) is 72.3 Å². The number of nitro benzene ring substituents is 1. The Kier molecular flexibility index (Phi) is 4.09. The van der Waals surface area contributed by atoms with Gasteiger partial charge in [0, 0.05) is 25.2 Å². The topological polar surface area (TPSA) is 139 Å². The van der Waals surface area contributed by atoms with Crippen molar-refractivity contribution in [3.8, 4) is 11.5 Å². The van der Waals surface area contributed by atoms with E-state index in [1.165, 1.54) is 12.1 Å². The van der Waals surface area contributed by atoms with E-state index in [2.05, 4.69) is 15.3 Å². The van der Waals surface area contributed by atoms with E-state index in [-0.39, 0.29) is 24.5 Å². The van der Waals surface area contributed by atoms with E-state index in [0.29, 0.717) is 29.1 Å². The number of ether oxygens (including phenoxy) is 2. The lowest BCUT2D eigenvalue weighted by Crippen LogP contribution is -2.29. The molecule has 0 amide bonds. The first-order chi connectivity index (χ1) is 13.0. The maximum absolute atomic E-state index is 11.6. The van der Waals surface area contributed by atoms with Gasteiger partial charge in [-0.2, -0.15) is 0 Å². The number of H-pyrrole nitrogens is 2. The molecule has 4 rings (SSSR count). The molecule has 2 aromatic carbocycles. The zero-order valence-corrected chi connectivity index (χ0v) is 13.9. The quantitative estimate of drug-likeness (QED) is 0.348. The van der Waals surface area contributed by atoms with E-state index in [4.69, 9.17) is 9.47 Å². The van der Waals surface area contributed by atoms with Crippen LogP contribution in [0.1, 0.15) is 11.1 Å². The molecule has 27 heavy (non-hydrogen) atoms. The summed E-state index contributed by atoms with van der Waals surface area (Å²) in [6.45, 7) is 0.903. The van der Waals surface area contributed by atoms with Crippen LogP contribution in [0.3, 0.4) is 0 Å². The highest BCUT2D eigenvalue weighted by atomic mass is 16.7. The summed E-state index contributed by atoms with van der Waals surface area (Å²) in [6, 6.07) is 8.12. The molecule has 0 aliphatic carbocycles. The number of rotatable bonds is 5. The minimum Gasteiger partial charge on any atom is -0.454 e. The standard InChI is InChI=1S/C17H14N4O6/c22-16-17(23)20-15-10(4-11(21(24)25)5-12(15)19-16)7-18-6-9-1-2-13-14(3-9)27-8-26-13/h1-5,18H,6-8H2,(H,19,22)(H,20,23). The van der Waals surface area contributed by atoms with Gasteiger partial charge in [0.2, 0.25) is 6.79 Å². The third kappa shape index (κ3) is 3.25. The molecule has 3 N–H and O–H groups in total. The third-order valence-corrected chi connectivity index (χ3v) is 4.19. The van der Waals surface area contributed by atoms with E-state index in [1.807, 2.05) is 18.2 Å². The molecule has 0 atom stereocenters. The zero-order chi connectivity index (χ0) is 19.0. The Hall–Kier alpha value is -3.66. The number of nitro groups is 1. The van der Waals surface area contributed by atoms with Gasteiger partial charge in [-0.1, -0.05) is 6.07 Å². The lowest BCUT2D eigenvalue weighted by Gasteiger charge is -2.09. The van der Waals surface area contributed by atoms with Gasteiger partial charge >= 0.3 is 11.1 Å². The summed E-state index contributed by atoms with van der Waals surface area (Å²) in [4.78, 5) is 38.6. The molecule has 0 unspecified atom stereocenters. The Labute approximate surface area is 150 Å². The van der Waals surface area contributed by atoms with E-state index < -0.39 is 16.0 Å². The van der Waals surface area contributed by atoms with Crippen molar-refractivity contribution in [3.63, 3.8) is 0 Å². The third-order valence-electron chi connectivity index (χ3n) is 4.19. The maximum Gasteiger partial charge on any atom is 0.314 e. The van der Waals surface area contributed by atoms with E-state index >= 15 is 0 Å². The zero-order valence-electron chi connectivity index (χ0n) is 13.9. The second kappa shape index (κ2) is 6.57. The number of hydrogen-bond donors (Lipinski definition) is 3. The highest BCUT2D eigenvalue weighted by molar-refractivity contribution is 5.80. The lowest BCUT2D eigenvalue weighted by atomic mass is 10.1. The number of non-ortho nitro benzene ring substituents is 1. The molecule has 10 heteroatoms. The van der Waals surface area contributed by atoms with Crippen molar-refractivity contribution in [1.29, 1.82) is 0 Å². The van der Waals surface area contributed by atoms with Gasteiger partial charge in [0.15, 0.2) is 11.5 Å². The largest absolute Gasteiger partial charge is 0.454 e. The van der Waals surface area contributed by atoms with Gasteiger partial charge in [0.05, 0.1) is 16.0 Å². The highest BCUT2D eigenvalue weighted by Crippen LogP contribution is 2.32. The molecular formula is C17H14N4O6. The van der Waals surface area contributed by atoms with Crippen LogP contribution in [0.2, 0.25) is 0 Å². The van der Waals surface area contributed by atoms with Crippen LogP contribution in [0.5, 0.6) is 11.5 Å². The van der Waals surface area contributed by atoms with Crippen molar-refractivity contribution in [2.45, 2.75) is 13.1 Å². The normalized spacial score (nSPS) is 12.4. The highest BCUT2D eigenvalue weighted by Gasteiger charge is 2.15. The summed E-state index contributed by atoms with van der Waals surface area (Å²) >= 11 is 0. The SMILES string of the molecule is O=c1[nH]c2cc([N+](=O)[O-])cc(CNCc3ccc4c(c3)OCO4)c2[nH]c1=O. The molecule has 1 aromatic heterocycles. The summed E-state index contributed by atoms with van der Waals surface area (Å²) in [5.74, 6) is 1.35. The Morgan fingerprint density at radius 2 is 1.81 bits per heavy atom. The summed E-state index contributed by atoms with van der Waals surface area (Å²) in [7, 11) is 0. The molecule has 0 saturated heterocycles. The number of nitrogens with one attached hydrogen (secondary N) is 3. The van der Waals surface area contributed by atoms with Crippen LogP contribution in [0.25, 0.3) is 11.0 Å². The molecular weight excluding hydrogens is 356 g/mol. The van der Waals surface area contributed by atoms with Crippen LogP contribution in [-0.2, 0) is 13.1 Å². The Morgan fingerprint density at radius 1 is 1.04 bits per heavy atom. The van der Waals surface area contributed by atoms with Crippen LogP contribution in [0.4, 0.5) is 5.69 Å². The number of fused-ring (bicyclic) bond motifs is 2. The molecule has 3 aromatic rings. The van der Waals surface area contributed by atoms with E-state index in [0.717, 1.165) is 5.56 Å². The number of benzene rings is 2. The predicted octanol–water partition coefficient (Wildman–Crippen LogP) is 1.14. The van der Waals surface area contributed by atoms with Gasteiger partial charge in [-0.3, -0.25) is 19.7 Å². The molecule has 2 heterocycles. The van der Waals surface area contributed by atoms with Gasteiger partial charge in [0.1, 0.15) is 0 Å². The molecule has 0 saturated carbocycles. The van der Waals surface area contributed by atoms with Crippen LogP contribution >= 0.6 is 0 Å². The van der Waals surface area contributed by atoms with Gasteiger partial charge in [-0.25, -0.2) is 0 Å². The second-order valence-corrected chi connectivity index (χ2v) is 5.98. The van der Waals surface area contributed by atoms with E-state index in [9.17, 15) is 19.7 Å². The molecule has 138 valence electrons. The number of nitrogens with zero attached hydrogens (tertiary/aromatic N) is 1. The van der Waals surface area contributed by atoms with Gasteiger partial charge in [-0.15, -0.1) is 0 Å².